The highest BCUT2D eigenvalue weighted by Gasteiger charge is 2.08. The van der Waals surface area contributed by atoms with Crippen LogP contribution in [0.15, 0.2) is 53.4 Å². The fourth-order valence-electron chi connectivity index (χ4n) is 1.72. The molecule has 0 fully saturated rings. The highest BCUT2D eigenvalue weighted by Crippen LogP contribution is 2.28. The second-order valence-corrected chi connectivity index (χ2v) is 5.04. The Kier molecular flexibility index (Phi) is 4.47. The maximum atomic E-state index is 11.2. The fraction of sp³-hybridized carbons (Fsp3) is 0.133. The Morgan fingerprint density at radius 3 is 2.58 bits per heavy atom. The van der Waals surface area contributed by atoms with Gasteiger partial charge < -0.3 is 10.5 Å². The minimum atomic E-state index is -0.423. The Morgan fingerprint density at radius 1 is 1.21 bits per heavy atom. The second-order valence-electron chi connectivity index (χ2n) is 3.99. The third-order valence-corrected chi connectivity index (χ3v) is 3.76. The van der Waals surface area contributed by atoms with Crippen LogP contribution in [0.2, 0.25) is 0 Å². The monoisotopic (exact) mass is 273 g/mol. The van der Waals surface area contributed by atoms with Crippen LogP contribution in [0.25, 0.3) is 0 Å². The van der Waals surface area contributed by atoms with Crippen molar-refractivity contribution in [2.24, 2.45) is 5.73 Å². The van der Waals surface area contributed by atoms with Crippen LogP contribution in [-0.2, 0) is 5.75 Å². The number of carbonyl (C=O) groups excluding carboxylic acids is 1. The number of nitrogens with two attached hydrogens (primary N) is 1. The lowest BCUT2D eigenvalue weighted by molar-refractivity contribution is 0.1000. The third-order valence-electron chi connectivity index (χ3n) is 2.70. The Balaban J connectivity index is 2.18. The molecule has 0 spiro atoms. The molecule has 2 rings (SSSR count). The smallest absolute Gasteiger partial charge is 0.248 e. The van der Waals surface area contributed by atoms with Gasteiger partial charge in [0.15, 0.2) is 0 Å². The van der Waals surface area contributed by atoms with E-state index in [1.807, 2.05) is 18.2 Å². The molecule has 0 atom stereocenters. The summed E-state index contributed by atoms with van der Waals surface area (Å²) in [5.41, 5.74) is 6.76. The van der Waals surface area contributed by atoms with Gasteiger partial charge in [-0.1, -0.05) is 18.2 Å². The van der Waals surface area contributed by atoms with Gasteiger partial charge in [0.25, 0.3) is 0 Å². The lowest BCUT2D eigenvalue weighted by atomic mass is 10.1. The highest BCUT2D eigenvalue weighted by molar-refractivity contribution is 7.98. The van der Waals surface area contributed by atoms with Gasteiger partial charge in [-0.25, -0.2) is 0 Å². The molecule has 0 aliphatic rings. The molecular weight excluding hydrogens is 258 g/mol. The summed E-state index contributed by atoms with van der Waals surface area (Å²) in [4.78, 5) is 12.4. The number of carbonyl (C=O) groups is 1. The molecule has 0 aromatic heterocycles. The van der Waals surface area contributed by atoms with Gasteiger partial charge in [0.05, 0.1) is 7.11 Å². The van der Waals surface area contributed by atoms with E-state index in [1.54, 1.807) is 37.1 Å². The maximum absolute atomic E-state index is 11.2. The van der Waals surface area contributed by atoms with Crippen LogP contribution in [-0.4, -0.2) is 13.0 Å². The van der Waals surface area contributed by atoms with Gasteiger partial charge in [-0.2, -0.15) is 0 Å². The van der Waals surface area contributed by atoms with E-state index in [2.05, 4.69) is 12.1 Å². The summed E-state index contributed by atoms with van der Waals surface area (Å²) in [6.45, 7) is 0. The lowest BCUT2D eigenvalue weighted by Crippen LogP contribution is -2.11. The van der Waals surface area contributed by atoms with E-state index in [0.717, 1.165) is 17.1 Å². The van der Waals surface area contributed by atoms with E-state index >= 15 is 0 Å². The van der Waals surface area contributed by atoms with Crippen molar-refractivity contribution >= 4 is 17.7 Å². The Labute approximate surface area is 116 Å². The van der Waals surface area contributed by atoms with Crippen molar-refractivity contribution < 1.29 is 9.53 Å². The molecule has 0 radical (unpaired) electrons. The van der Waals surface area contributed by atoms with Crippen LogP contribution in [0.4, 0.5) is 0 Å². The summed E-state index contributed by atoms with van der Waals surface area (Å²) in [7, 11) is 1.62. The summed E-state index contributed by atoms with van der Waals surface area (Å²) >= 11 is 1.69. The minimum Gasteiger partial charge on any atom is -0.496 e. The summed E-state index contributed by atoms with van der Waals surface area (Å²) < 4.78 is 5.30. The Hall–Kier alpha value is -1.94. The van der Waals surface area contributed by atoms with Gasteiger partial charge in [-0.15, -0.1) is 11.8 Å². The molecule has 0 unspecified atom stereocenters. The molecule has 98 valence electrons. The van der Waals surface area contributed by atoms with Gasteiger partial charge in [-0.05, 0) is 30.3 Å². The molecular formula is C15H15NO2S. The zero-order valence-electron chi connectivity index (χ0n) is 10.6. The Bertz CT molecular complexity index is 570. The average molecular weight is 273 g/mol. The largest absolute Gasteiger partial charge is 0.496 e. The van der Waals surface area contributed by atoms with E-state index in [9.17, 15) is 4.79 Å². The lowest BCUT2D eigenvalue weighted by Gasteiger charge is -2.09. The van der Waals surface area contributed by atoms with Gasteiger partial charge in [-0.3, -0.25) is 4.79 Å². The normalized spacial score (nSPS) is 10.2. The van der Waals surface area contributed by atoms with Crippen molar-refractivity contribution in [1.29, 1.82) is 0 Å². The molecule has 2 aromatic rings. The maximum Gasteiger partial charge on any atom is 0.248 e. The number of primary amides is 1. The Morgan fingerprint density at radius 2 is 1.95 bits per heavy atom. The van der Waals surface area contributed by atoms with Crippen molar-refractivity contribution in [3.63, 3.8) is 0 Å². The van der Waals surface area contributed by atoms with Crippen molar-refractivity contribution in [2.75, 3.05) is 7.11 Å². The summed E-state index contributed by atoms with van der Waals surface area (Å²) in [5.74, 6) is 1.08. The van der Waals surface area contributed by atoms with E-state index in [1.165, 1.54) is 4.90 Å². The molecule has 0 aliphatic heterocycles. The van der Waals surface area contributed by atoms with Crippen LogP contribution < -0.4 is 10.5 Å². The van der Waals surface area contributed by atoms with Gasteiger partial charge in [0.2, 0.25) is 5.91 Å². The highest BCUT2D eigenvalue weighted by atomic mass is 32.2. The molecule has 0 aliphatic carbocycles. The molecule has 19 heavy (non-hydrogen) atoms. The number of hydrogen-bond acceptors (Lipinski definition) is 3. The number of benzene rings is 2. The molecule has 0 bridgehead atoms. The van der Waals surface area contributed by atoms with Crippen LogP contribution in [0, 0.1) is 0 Å². The van der Waals surface area contributed by atoms with Crippen LogP contribution in [0.3, 0.4) is 0 Å². The number of ether oxygens (including phenoxy) is 1. The number of thioether (sulfide) groups is 1. The predicted octanol–water partition coefficient (Wildman–Crippen LogP) is 3.09. The van der Waals surface area contributed by atoms with Gasteiger partial charge >= 0.3 is 0 Å². The van der Waals surface area contributed by atoms with Crippen molar-refractivity contribution in [2.45, 2.75) is 10.6 Å². The molecule has 2 aromatic carbocycles. The fourth-order valence-corrected chi connectivity index (χ4v) is 2.62. The SMILES string of the molecule is COc1ccc(C(N)=O)cc1CSc1ccccc1. The quantitative estimate of drug-likeness (QED) is 0.852. The molecule has 0 saturated carbocycles. The first-order valence-corrected chi connectivity index (χ1v) is 6.84. The van der Waals surface area contributed by atoms with Crippen molar-refractivity contribution in [3.05, 3.63) is 59.7 Å². The van der Waals surface area contributed by atoms with E-state index in [4.69, 9.17) is 10.5 Å². The molecule has 0 saturated heterocycles. The molecule has 1 amide bonds. The van der Waals surface area contributed by atoms with E-state index in [0.29, 0.717) is 5.56 Å². The first-order chi connectivity index (χ1) is 9.20. The number of hydrogen-bond donors (Lipinski definition) is 1. The van der Waals surface area contributed by atoms with E-state index < -0.39 is 5.91 Å². The molecule has 0 heterocycles. The molecule has 3 nitrogen and oxygen atoms in total. The average Bonchev–Trinajstić information content (AvgIpc) is 2.45. The zero-order valence-corrected chi connectivity index (χ0v) is 11.4. The number of amides is 1. The standard InChI is InChI=1S/C15H15NO2S/c1-18-14-8-7-11(15(16)17)9-12(14)10-19-13-5-3-2-4-6-13/h2-9H,10H2,1H3,(H2,16,17). The van der Waals surface area contributed by atoms with Crippen LogP contribution >= 0.6 is 11.8 Å². The molecule has 4 heteroatoms. The topological polar surface area (TPSA) is 52.3 Å². The number of rotatable bonds is 5. The summed E-state index contributed by atoms with van der Waals surface area (Å²) in [6.07, 6.45) is 0. The van der Waals surface area contributed by atoms with Crippen LogP contribution in [0.5, 0.6) is 5.75 Å². The third kappa shape index (κ3) is 3.51. The van der Waals surface area contributed by atoms with E-state index in [-0.39, 0.29) is 0 Å². The first kappa shape index (κ1) is 13.5. The first-order valence-electron chi connectivity index (χ1n) is 5.85. The zero-order chi connectivity index (χ0) is 13.7. The molecule has 2 N–H and O–H groups in total. The predicted molar refractivity (Wildman–Crippen MR) is 77.5 cm³/mol. The van der Waals surface area contributed by atoms with Gasteiger partial charge in [0.1, 0.15) is 5.75 Å². The number of methoxy groups -OCH3 is 1. The summed E-state index contributed by atoms with van der Waals surface area (Å²) in [5, 5.41) is 0. The summed E-state index contributed by atoms with van der Waals surface area (Å²) in [6, 6.07) is 15.3. The van der Waals surface area contributed by atoms with Crippen LogP contribution in [0.1, 0.15) is 15.9 Å². The van der Waals surface area contributed by atoms with Crippen molar-refractivity contribution in [3.8, 4) is 5.75 Å². The van der Waals surface area contributed by atoms with Crippen molar-refractivity contribution in [1.82, 2.24) is 0 Å². The second kappa shape index (κ2) is 6.29. The van der Waals surface area contributed by atoms with Gasteiger partial charge in [0, 0.05) is 21.8 Å². The minimum absolute atomic E-state index is 0.423.